The Balaban J connectivity index is 1.59. The summed E-state index contributed by atoms with van der Waals surface area (Å²) in [5, 5.41) is 2.25. The summed E-state index contributed by atoms with van der Waals surface area (Å²) >= 11 is 3.48. The van der Waals surface area contributed by atoms with Crippen LogP contribution in [0.3, 0.4) is 0 Å². The topological polar surface area (TPSA) is 32.8 Å². The van der Waals surface area contributed by atoms with Crippen molar-refractivity contribution in [3.05, 3.63) is 40.9 Å². The van der Waals surface area contributed by atoms with Crippen LogP contribution in [0.15, 0.2) is 40.9 Å². The van der Waals surface area contributed by atoms with E-state index in [2.05, 4.69) is 40.9 Å². The number of halogens is 1. The summed E-state index contributed by atoms with van der Waals surface area (Å²) in [7, 11) is 4.04. The van der Waals surface area contributed by atoms with Crippen LogP contribution in [0.1, 0.15) is 19.8 Å². The Bertz CT molecular complexity index is 764. The van der Waals surface area contributed by atoms with Gasteiger partial charge in [-0.25, -0.2) is 0 Å². The zero-order valence-corrected chi connectivity index (χ0v) is 16.6. The highest BCUT2D eigenvalue weighted by molar-refractivity contribution is 9.10. The molecule has 0 aromatic heterocycles. The van der Waals surface area contributed by atoms with Gasteiger partial charge in [0.05, 0.1) is 0 Å². The number of rotatable bonds is 4. The lowest BCUT2D eigenvalue weighted by atomic mass is 9.98. The number of benzene rings is 2. The maximum Gasteiger partial charge on any atom is 0.260 e. The third kappa shape index (κ3) is 4.33. The fourth-order valence-corrected chi connectivity index (χ4v) is 3.73. The molecule has 4 nitrogen and oxygen atoms in total. The number of likely N-dealkylation sites (tertiary alicyclic amines) is 1. The van der Waals surface area contributed by atoms with E-state index in [0.717, 1.165) is 40.4 Å². The van der Waals surface area contributed by atoms with E-state index in [1.54, 1.807) is 0 Å². The van der Waals surface area contributed by atoms with Crippen LogP contribution in [-0.2, 0) is 4.79 Å². The molecule has 1 aliphatic heterocycles. The summed E-state index contributed by atoms with van der Waals surface area (Å²) in [6.45, 7) is 3.33. The number of likely N-dealkylation sites (N-methyl/N-ethyl adjacent to an activating group) is 1. The monoisotopic (exact) mass is 404 g/mol. The normalized spacial score (nSPS) is 21.3. The van der Waals surface area contributed by atoms with Gasteiger partial charge in [0.15, 0.2) is 6.61 Å². The second-order valence-electron chi connectivity index (χ2n) is 6.95. The zero-order valence-electron chi connectivity index (χ0n) is 15.0. The maximum absolute atomic E-state index is 12.5. The molecule has 5 heteroatoms. The molecule has 0 aliphatic carbocycles. The van der Waals surface area contributed by atoms with Gasteiger partial charge in [0.25, 0.3) is 5.91 Å². The Morgan fingerprint density at radius 2 is 2.00 bits per heavy atom. The number of fused-ring (bicyclic) bond motifs is 1. The van der Waals surface area contributed by atoms with Crippen LogP contribution in [0.4, 0.5) is 0 Å². The van der Waals surface area contributed by atoms with Gasteiger partial charge < -0.3 is 14.5 Å². The molecule has 2 aromatic rings. The molecule has 2 aromatic carbocycles. The molecule has 134 valence electrons. The van der Waals surface area contributed by atoms with Gasteiger partial charge in [-0.1, -0.05) is 28.1 Å². The van der Waals surface area contributed by atoms with E-state index in [9.17, 15) is 4.79 Å². The van der Waals surface area contributed by atoms with E-state index in [-0.39, 0.29) is 12.5 Å². The maximum atomic E-state index is 12.5. The minimum atomic E-state index is 0.0395. The summed E-state index contributed by atoms with van der Waals surface area (Å²) in [6.07, 6.45) is 2.04. The standard InChI is InChI=1S/C20H25BrN2O2/c1-14-10-18(8-9-22(14)2)23(3)20(24)13-25-19-7-5-15-11-17(21)6-4-16(15)12-19/h4-7,11-12,14,18H,8-10,13H2,1-3H3/t14-,18-/m1/s1. The zero-order chi connectivity index (χ0) is 18.0. The van der Waals surface area contributed by atoms with Gasteiger partial charge in [-0.15, -0.1) is 0 Å². The summed E-state index contributed by atoms with van der Waals surface area (Å²) < 4.78 is 6.81. The van der Waals surface area contributed by atoms with Gasteiger partial charge in [-0.2, -0.15) is 0 Å². The fraction of sp³-hybridized carbons (Fsp3) is 0.450. The Labute approximate surface area is 157 Å². The molecule has 1 amide bonds. The molecule has 2 atom stereocenters. The van der Waals surface area contributed by atoms with Crippen LogP contribution in [0, 0.1) is 0 Å². The minimum Gasteiger partial charge on any atom is -0.484 e. The second-order valence-corrected chi connectivity index (χ2v) is 7.87. The van der Waals surface area contributed by atoms with Crippen molar-refractivity contribution in [3.8, 4) is 5.75 Å². The molecule has 0 radical (unpaired) electrons. The Kier molecular flexibility index (Phi) is 5.64. The highest BCUT2D eigenvalue weighted by Crippen LogP contribution is 2.24. The first kappa shape index (κ1) is 18.2. The molecule has 0 saturated carbocycles. The van der Waals surface area contributed by atoms with E-state index < -0.39 is 0 Å². The average Bonchev–Trinajstić information content (AvgIpc) is 2.61. The predicted molar refractivity (Wildman–Crippen MR) is 105 cm³/mol. The van der Waals surface area contributed by atoms with Crippen LogP contribution < -0.4 is 4.74 Å². The molecule has 3 rings (SSSR count). The van der Waals surface area contributed by atoms with Crippen LogP contribution in [0.5, 0.6) is 5.75 Å². The Morgan fingerprint density at radius 1 is 1.28 bits per heavy atom. The summed E-state index contributed by atoms with van der Waals surface area (Å²) in [6, 6.07) is 12.8. The number of hydrogen-bond donors (Lipinski definition) is 0. The van der Waals surface area contributed by atoms with Gasteiger partial charge in [-0.05, 0) is 61.9 Å². The van der Waals surface area contributed by atoms with Crippen molar-refractivity contribution in [2.24, 2.45) is 0 Å². The third-order valence-electron chi connectivity index (χ3n) is 5.26. The molecular weight excluding hydrogens is 380 g/mol. The molecule has 1 heterocycles. The van der Waals surface area contributed by atoms with Crippen molar-refractivity contribution in [3.63, 3.8) is 0 Å². The van der Waals surface area contributed by atoms with Crippen molar-refractivity contribution in [2.75, 3.05) is 27.2 Å². The number of amides is 1. The number of carbonyl (C=O) groups excluding carboxylic acids is 1. The van der Waals surface area contributed by atoms with E-state index in [0.29, 0.717) is 12.1 Å². The highest BCUT2D eigenvalue weighted by atomic mass is 79.9. The van der Waals surface area contributed by atoms with Crippen LogP contribution >= 0.6 is 15.9 Å². The van der Waals surface area contributed by atoms with Gasteiger partial charge in [0, 0.05) is 30.1 Å². The molecule has 0 N–H and O–H groups in total. The number of piperidine rings is 1. The van der Waals surface area contributed by atoms with Gasteiger partial charge in [0.1, 0.15) is 5.75 Å². The van der Waals surface area contributed by atoms with Crippen LogP contribution in [0.25, 0.3) is 10.8 Å². The highest BCUT2D eigenvalue weighted by Gasteiger charge is 2.28. The first-order valence-corrected chi connectivity index (χ1v) is 9.51. The molecular formula is C20H25BrN2O2. The number of ether oxygens (including phenoxy) is 1. The first-order chi connectivity index (χ1) is 11.9. The average molecular weight is 405 g/mol. The smallest absolute Gasteiger partial charge is 0.260 e. The Morgan fingerprint density at radius 3 is 2.76 bits per heavy atom. The van der Waals surface area contributed by atoms with E-state index in [1.807, 2.05) is 42.3 Å². The lowest BCUT2D eigenvalue weighted by Gasteiger charge is -2.39. The third-order valence-corrected chi connectivity index (χ3v) is 5.75. The van der Waals surface area contributed by atoms with Crippen LogP contribution in [0.2, 0.25) is 0 Å². The minimum absolute atomic E-state index is 0.0395. The van der Waals surface area contributed by atoms with Crippen molar-refractivity contribution in [2.45, 2.75) is 31.8 Å². The van der Waals surface area contributed by atoms with E-state index in [4.69, 9.17) is 4.74 Å². The molecule has 1 fully saturated rings. The molecule has 1 aliphatic rings. The molecule has 0 bridgehead atoms. The summed E-state index contributed by atoms with van der Waals surface area (Å²) in [4.78, 5) is 16.7. The van der Waals surface area contributed by atoms with Gasteiger partial charge in [0.2, 0.25) is 0 Å². The first-order valence-electron chi connectivity index (χ1n) is 8.72. The quantitative estimate of drug-likeness (QED) is 0.773. The van der Waals surface area contributed by atoms with Gasteiger partial charge >= 0.3 is 0 Å². The molecule has 0 unspecified atom stereocenters. The lowest BCUT2D eigenvalue weighted by Crippen LogP contribution is -2.49. The molecule has 1 saturated heterocycles. The number of carbonyl (C=O) groups is 1. The van der Waals surface area contributed by atoms with E-state index in [1.165, 1.54) is 0 Å². The SMILES string of the molecule is C[C@@H]1C[C@H](N(C)C(=O)COc2ccc3cc(Br)ccc3c2)CCN1C. The molecule has 25 heavy (non-hydrogen) atoms. The summed E-state index contributed by atoms with van der Waals surface area (Å²) in [5.41, 5.74) is 0. The van der Waals surface area contributed by atoms with Crippen molar-refractivity contribution >= 4 is 32.6 Å². The largest absolute Gasteiger partial charge is 0.484 e. The second kappa shape index (κ2) is 7.75. The van der Waals surface area contributed by atoms with Crippen molar-refractivity contribution < 1.29 is 9.53 Å². The predicted octanol–water partition coefficient (Wildman–Crippen LogP) is 3.92. The fourth-order valence-electron chi connectivity index (χ4n) is 3.35. The molecule has 0 spiro atoms. The number of hydrogen-bond acceptors (Lipinski definition) is 3. The number of nitrogens with zero attached hydrogens (tertiary/aromatic N) is 2. The van der Waals surface area contributed by atoms with Crippen LogP contribution in [-0.4, -0.2) is 55.0 Å². The van der Waals surface area contributed by atoms with Crippen molar-refractivity contribution in [1.29, 1.82) is 0 Å². The van der Waals surface area contributed by atoms with E-state index >= 15 is 0 Å². The van der Waals surface area contributed by atoms with Gasteiger partial charge in [-0.3, -0.25) is 4.79 Å². The summed E-state index contributed by atoms with van der Waals surface area (Å²) in [5.74, 6) is 0.769. The Hall–Kier alpha value is -1.59. The lowest BCUT2D eigenvalue weighted by molar-refractivity contribution is -0.135. The van der Waals surface area contributed by atoms with Crippen molar-refractivity contribution in [1.82, 2.24) is 9.80 Å².